The minimum Gasteiger partial charge on any atom is -0.462 e. The van der Waals surface area contributed by atoms with E-state index in [0.29, 0.717) is 25.7 Å². The van der Waals surface area contributed by atoms with E-state index in [4.69, 9.17) is 37.0 Å². The molecule has 0 aromatic heterocycles. The summed E-state index contributed by atoms with van der Waals surface area (Å²) in [5, 5.41) is 10.6. The van der Waals surface area contributed by atoms with Crippen molar-refractivity contribution in [3.05, 3.63) is 0 Å². The maximum atomic E-state index is 13.1. The van der Waals surface area contributed by atoms with Crippen molar-refractivity contribution in [2.24, 2.45) is 5.92 Å². The van der Waals surface area contributed by atoms with Crippen LogP contribution in [0.5, 0.6) is 0 Å². The Morgan fingerprint density at radius 3 is 0.680 bits per heavy atom. The minimum atomic E-state index is -4.96. The number of ether oxygens (including phenoxy) is 4. The van der Waals surface area contributed by atoms with Gasteiger partial charge in [-0.25, -0.2) is 9.13 Å². The van der Waals surface area contributed by atoms with Crippen molar-refractivity contribution in [2.45, 2.75) is 451 Å². The Kier molecular flexibility index (Phi) is 72.5. The lowest BCUT2D eigenvalue weighted by Gasteiger charge is -2.21. The Balaban J connectivity index is 5.16. The predicted molar refractivity (Wildman–Crippen MR) is 409 cm³/mol. The van der Waals surface area contributed by atoms with E-state index in [0.717, 1.165) is 109 Å². The lowest BCUT2D eigenvalue weighted by atomic mass is 10.0. The minimum absolute atomic E-state index is 0.108. The van der Waals surface area contributed by atoms with Gasteiger partial charge in [0.25, 0.3) is 0 Å². The normalized spacial score (nSPS) is 13.8. The fraction of sp³-hybridized carbons (Fsp3) is 0.951. The van der Waals surface area contributed by atoms with Crippen LogP contribution >= 0.6 is 15.6 Å². The molecular weight excluding hydrogens is 1310 g/mol. The zero-order valence-corrected chi connectivity index (χ0v) is 67.1. The molecule has 0 rings (SSSR count). The summed E-state index contributed by atoms with van der Waals surface area (Å²) in [4.78, 5) is 72.8. The molecule has 17 nitrogen and oxygen atoms in total. The van der Waals surface area contributed by atoms with Crippen molar-refractivity contribution in [2.75, 3.05) is 39.6 Å². The number of aliphatic hydroxyl groups excluding tert-OH is 1. The van der Waals surface area contributed by atoms with Crippen LogP contribution in [-0.4, -0.2) is 96.7 Å². The van der Waals surface area contributed by atoms with Gasteiger partial charge in [0.2, 0.25) is 0 Å². The second kappa shape index (κ2) is 73.9. The van der Waals surface area contributed by atoms with Crippen molar-refractivity contribution >= 4 is 39.5 Å². The summed E-state index contributed by atoms with van der Waals surface area (Å²) in [6.07, 6.45) is 65.4. The van der Waals surface area contributed by atoms with Gasteiger partial charge in [0, 0.05) is 25.7 Å². The lowest BCUT2D eigenvalue weighted by molar-refractivity contribution is -0.161. The van der Waals surface area contributed by atoms with Crippen LogP contribution in [0.1, 0.15) is 433 Å². The van der Waals surface area contributed by atoms with E-state index in [1.54, 1.807) is 0 Å². The van der Waals surface area contributed by atoms with Gasteiger partial charge < -0.3 is 33.8 Å². The first-order chi connectivity index (χ1) is 48.5. The summed E-state index contributed by atoms with van der Waals surface area (Å²) in [6, 6.07) is 0. The molecule has 594 valence electrons. The molecule has 5 atom stereocenters. The Morgan fingerprint density at radius 1 is 0.270 bits per heavy atom. The predicted octanol–water partition coefficient (Wildman–Crippen LogP) is 24.4. The molecule has 0 aliphatic rings. The van der Waals surface area contributed by atoms with Gasteiger partial charge in [-0.1, -0.05) is 381 Å². The Morgan fingerprint density at radius 2 is 0.460 bits per heavy atom. The van der Waals surface area contributed by atoms with E-state index < -0.39 is 97.5 Å². The van der Waals surface area contributed by atoms with Gasteiger partial charge in [0.1, 0.15) is 19.3 Å². The van der Waals surface area contributed by atoms with Crippen LogP contribution in [0.4, 0.5) is 0 Å². The van der Waals surface area contributed by atoms with Crippen LogP contribution in [-0.2, 0) is 65.4 Å². The first-order valence-electron chi connectivity index (χ1n) is 42.1. The second-order valence-electron chi connectivity index (χ2n) is 29.6. The van der Waals surface area contributed by atoms with Crippen LogP contribution < -0.4 is 0 Å². The number of phosphoric acid groups is 2. The van der Waals surface area contributed by atoms with E-state index >= 15 is 0 Å². The van der Waals surface area contributed by atoms with E-state index in [1.807, 2.05) is 0 Å². The number of carbonyl (C=O) groups excluding carboxylic acids is 4. The molecule has 19 heteroatoms. The molecule has 0 fully saturated rings. The molecule has 2 unspecified atom stereocenters. The van der Waals surface area contributed by atoms with E-state index in [1.165, 1.54) is 244 Å². The molecule has 0 aromatic rings. The highest BCUT2D eigenvalue weighted by molar-refractivity contribution is 7.47. The Hall–Kier alpha value is -1.94. The monoisotopic (exact) mass is 1470 g/mol. The number of esters is 4. The van der Waals surface area contributed by atoms with Crippen molar-refractivity contribution in [3.8, 4) is 0 Å². The quantitative estimate of drug-likeness (QED) is 0.0222. The molecule has 0 bridgehead atoms. The largest absolute Gasteiger partial charge is 0.472 e. The van der Waals surface area contributed by atoms with Crippen LogP contribution in [0.15, 0.2) is 0 Å². The average Bonchev–Trinajstić information content (AvgIpc) is 0.950. The molecule has 0 aliphatic heterocycles. The summed E-state index contributed by atoms with van der Waals surface area (Å²) in [7, 11) is -9.91. The molecule has 0 amide bonds. The molecule has 3 N–H and O–H groups in total. The van der Waals surface area contributed by atoms with E-state index in [-0.39, 0.29) is 25.7 Å². The molecule has 0 saturated heterocycles. The number of hydrogen-bond donors (Lipinski definition) is 3. The van der Waals surface area contributed by atoms with Crippen LogP contribution in [0.2, 0.25) is 0 Å². The average molecular weight is 1470 g/mol. The van der Waals surface area contributed by atoms with Gasteiger partial charge in [0.05, 0.1) is 26.4 Å². The van der Waals surface area contributed by atoms with Crippen molar-refractivity contribution < 1.29 is 80.2 Å². The lowest BCUT2D eigenvalue weighted by Crippen LogP contribution is -2.30. The van der Waals surface area contributed by atoms with Gasteiger partial charge in [0.15, 0.2) is 12.2 Å². The Labute approximate surface area is 613 Å². The Bertz CT molecular complexity index is 1910. The van der Waals surface area contributed by atoms with Crippen molar-refractivity contribution in [1.82, 2.24) is 0 Å². The van der Waals surface area contributed by atoms with Gasteiger partial charge in [-0.15, -0.1) is 0 Å². The van der Waals surface area contributed by atoms with E-state index in [9.17, 15) is 43.2 Å². The van der Waals surface area contributed by atoms with Crippen LogP contribution in [0.25, 0.3) is 0 Å². The third-order valence-corrected chi connectivity index (χ3v) is 20.9. The van der Waals surface area contributed by atoms with E-state index in [2.05, 4.69) is 34.6 Å². The summed E-state index contributed by atoms with van der Waals surface area (Å²) in [5.41, 5.74) is 0. The molecule has 100 heavy (non-hydrogen) atoms. The third kappa shape index (κ3) is 74.3. The fourth-order valence-corrected chi connectivity index (χ4v) is 14.2. The second-order valence-corrected chi connectivity index (χ2v) is 32.5. The number of unbranched alkanes of at least 4 members (excludes halogenated alkanes) is 53. The van der Waals surface area contributed by atoms with Crippen LogP contribution in [0.3, 0.4) is 0 Å². The summed E-state index contributed by atoms with van der Waals surface area (Å²) in [5.74, 6) is -1.29. The van der Waals surface area contributed by atoms with Gasteiger partial charge in [-0.3, -0.25) is 37.3 Å². The maximum absolute atomic E-state index is 13.1. The highest BCUT2D eigenvalue weighted by atomic mass is 31.2. The summed E-state index contributed by atoms with van der Waals surface area (Å²) >= 11 is 0. The van der Waals surface area contributed by atoms with Gasteiger partial charge in [-0.2, -0.15) is 0 Å². The number of phosphoric ester groups is 2. The number of aliphatic hydroxyl groups is 1. The molecule has 0 radical (unpaired) electrons. The SMILES string of the molecule is CCCCCCCCCCCCCCCCCCCCCC(=O)OC[C@H](COP(=O)(O)OC[C@@H](O)COP(=O)(O)OC[C@@H](COC(=O)CCCCCCCCC)OC(=O)CCCCCCCCCCCCCCC)OC(=O)CCCCCCCCCCCCCCCCCCCCC(C)C. The fourth-order valence-electron chi connectivity index (χ4n) is 12.6. The topological polar surface area (TPSA) is 237 Å². The molecular formula is C81H158O17P2. The summed E-state index contributed by atoms with van der Waals surface area (Å²) < 4.78 is 68.6. The zero-order chi connectivity index (χ0) is 73.4. The van der Waals surface area contributed by atoms with Crippen molar-refractivity contribution in [3.63, 3.8) is 0 Å². The molecule has 0 aromatic carbocycles. The molecule has 0 saturated carbocycles. The first-order valence-corrected chi connectivity index (χ1v) is 45.1. The molecule has 0 heterocycles. The number of carbonyl (C=O) groups is 4. The van der Waals surface area contributed by atoms with Crippen LogP contribution in [0, 0.1) is 5.92 Å². The third-order valence-electron chi connectivity index (χ3n) is 19.0. The van der Waals surface area contributed by atoms with Gasteiger partial charge >= 0.3 is 39.5 Å². The molecule has 0 aliphatic carbocycles. The summed E-state index contributed by atoms with van der Waals surface area (Å²) in [6.45, 7) is 7.32. The number of hydrogen-bond acceptors (Lipinski definition) is 15. The highest BCUT2D eigenvalue weighted by Gasteiger charge is 2.30. The van der Waals surface area contributed by atoms with Crippen molar-refractivity contribution in [1.29, 1.82) is 0 Å². The number of rotatable bonds is 81. The molecule has 0 spiro atoms. The zero-order valence-electron chi connectivity index (χ0n) is 65.3. The van der Waals surface area contributed by atoms with Gasteiger partial charge in [-0.05, 0) is 31.6 Å². The smallest absolute Gasteiger partial charge is 0.462 e. The first kappa shape index (κ1) is 98.1. The maximum Gasteiger partial charge on any atom is 0.472 e. The highest BCUT2D eigenvalue weighted by Crippen LogP contribution is 2.45. The standard InChI is InChI=1S/C81H158O17P2/c1-6-9-12-15-18-20-22-24-25-26-27-31-34-38-41-45-50-55-60-65-79(84)92-71-77(98-81(86)67-62-57-52-47-43-39-35-32-29-28-30-33-37-40-44-49-53-58-63-74(4)5)73-96-100(89,90)94-69-75(82)68-93-99(87,88)95-72-76(70-91-78(83)64-59-54-48-17-14-11-8-3)97-80(85)66-61-56-51-46-42-36-23-21-19-16-13-10-7-2/h74-77,82H,6-73H2,1-5H3,(H,87,88)(H,89,90)/t75-,76+,77+/m0/s1.